The van der Waals surface area contributed by atoms with Crippen molar-refractivity contribution < 1.29 is 18.9 Å². The molecule has 0 aliphatic rings. The molecule has 1 atom stereocenters. The van der Waals surface area contributed by atoms with E-state index >= 15 is 0 Å². The van der Waals surface area contributed by atoms with Gasteiger partial charge in [-0.1, -0.05) is 0 Å². The molecular formula is C8H18O4. The van der Waals surface area contributed by atoms with Gasteiger partial charge in [-0.15, -0.1) is 0 Å². The van der Waals surface area contributed by atoms with Gasteiger partial charge in [0.25, 0.3) is 0 Å². The molecule has 12 heavy (non-hydrogen) atoms. The van der Waals surface area contributed by atoms with Gasteiger partial charge in [-0.25, -0.2) is 0 Å². The van der Waals surface area contributed by atoms with Crippen molar-refractivity contribution in [3.05, 3.63) is 0 Å². The first-order valence-corrected chi connectivity index (χ1v) is 3.98. The Labute approximate surface area is 73.7 Å². The lowest BCUT2D eigenvalue weighted by molar-refractivity contribution is -0.0924. The Kier molecular flexibility index (Phi) is 8.81. The van der Waals surface area contributed by atoms with Crippen molar-refractivity contribution in [2.75, 3.05) is 40.8 Å². The van der Waals surface area contributed by atoms with Gasteiger partial charge in [-0.05, 0) is 6.92 Å². The summed E-state index contributed by atoms with van der Waals surface area (Å²) in [6, 6.07) is 0. The van der Waals surface area contributed by atoms with Gasteiger partial charge in [0, 0.05) is 14.2 Å². The van der Waals surface area contributed by atoms with Crippen molar-refractivity contribution in [3.8, 4) is 0 Å². The molecule has 1 unspecified atom stereocenters. The maximum atomic E-state index is 5.23. The first kappa shape index (κ1) is 11.8. The highest BCUT2D eigenvalue weighted by molar-refractivity contribution is 4.44. The summed E-state index contributed by atoms with van der Waals surface area (Å²) in [5.74, 6) is 0. The second kappa shape index (κ2) is 8.93. The number of hydrogen-bond acceptors (Lipinski definition) is 4. The lowest BCUT2D eigenvalue weighted by Gasteiger charge is -2.12. The van der Waals surface area contributed by atoms with E-state index in [-0.39, 0.29) is 6.10 Å². The molecule has 0 saturated carbocycles. The van der Waals surface area contributed by atoms with Crippen LogP contribution in [0.4, 0.5) is 0 Å². The van der Waals surface area contributed by atoms with Crippen molar-refractivity contribution in [2.45, 2.75) is 13.0 Å². The van der Waals surface area contributed by atoms with Gasteiger partial charge in [0.05, 0.1) is 25.9 Å². The van der Waals surface area contributed by atoms with E-state index in [9.17, 15) is 0 Å². The van der Waals surface area contributed by atoms with Crippen molar-refractivity contribution in [2.24, 2.45) is 0 Å². The van der Waals surface area contributed by atoms with Crippen LogP contribution in [0.15, 0.2) is 0 Å². The SMILES string of the molecule is COCCOCC(C)OCOC. The fraction of sp³-hybridized carbons (Fsp3) is 1.00. The Morgan fingerprint density at radius 2 is 1.83 bits per heavy atom. The average Bonchev–Trinajstić information content (AvgIpc) is 2.09. The summed E-state index contributed by atoms with van der Waals surface area (Å²) < 4.78 is 20.0. The van der Waals surface area contributed by atoms with Crippen LogP contribution < -0.4 is 0 Å². The quantitative estimate of drug-likeness (QED) is 0.404. The predicted octanol–water partition coefficient (Wildman–Crippen LogP) is 0.658. The normalized spacial score (nSPS) is 13.2. The van der Waals surface area contributed by atoms with E-state index in [1.807, 2.05) is 6.92 Å². The van der Waals surface area contributed by atoms with E-state index in [2.05, 4.69) is 0 Å². The third-order valence-corrected chi connectivity index (χ3v) is 1.25. The summed E-state index contributed by atoms with van der Waals surface area (Å²) in [6.45, 7) is 4.06. The van der Waals surface area contributed by atoms with Crippen LogP contribution in [-0.2, 0) is 18.9 Å². The molecule has 4 heteroatoms. The molecule has 0 amide bonds. The molecule has 0 aromatic rings. The molecule has 0 aliphatic heterocycles. The van der Waals surface area contributed by atoms with E-state index in [0.29, 0.717) is 26.6 Å². The van der Waals surface area contributed by atoms with Gasteiger partial charge < -0.3 is 18.9 Å². The van der Waals surface area contributed by atoms with Gasteiger partial charge in [0.15, 0.2) is 0 Å². The van der Waals surface area contributed by atoms with Crippen molar-refractivity contribution in [1.29, 1.82) is 0 Å². The fourth-order valence-electron chi connectivity index (χ4n) is 0.624. The Morgan fingerprint density at radius 3 is 2.42 bits per heavy atom. The number of methoxy groups -OCH3 is 2. The summed E-state index contributed by atoms with van der Waals surface area (Å²) in [5.41, 5.74) is 0. The summed E-state index contributed by atoms with van der Waals surface area (Å²) in [5, 5.41) is 0. The molecular weight excluding hydrogens is 160 g/mol. The molecule has 0 bridgehead atoms. The van der Waals surface area contributed by atoms with E-state index in [1.165, 1.54) is 0 Å². The zero-order valence-corrected chi connectivity index (χ0v) is 8.04. The molecule has 74 valence electrons. The Hall–Kier alpha value is -0.160. The Bertz CT molecular complexity index is 87.1. The molecule has 0 N–H and O–H groups in total. The van der Waals surface area contributed by atoms with Crippen LogP contribution in [-0.4, -0.2) is 46.9 Å². The van der Waals surface area contributed by atoms with E-state index < -0.39 is 0 Å². The van der Waals surface area contributed by atoms with Gasteiger partial charge in [0.2, 0.25) is 0 Å². The Balaban J connectivity index is 3.02. The number of hydrogen-bond donors (Lipinski definition) is 0. The zero-order valence-electron chi connectivity index (χ0n) is 8.04. The monoisotopic (exact) mass is 178 g/mol. The van der Waals surface area contributed by atoms with E-state index in [1.54, 1.807) is 14.2 Å². The van der Waals surface area contributed by atoms with Gasteiger partial charge in [0.1, 0.15) is 6.79 Å². The largest absolute Gasteiger partial charge is 0.382 e. The highest BCUT2D eigenvalue weighted by Crippen LogP contribution is 1.91. The van der Waals surface area contributed by atoms with Crippen LogP contribution in [0.1, 0.15) is 6.92 Å². The smallest absolute Gasteiger partial charge is 0.146 e. The average molecular weight is 178 g/mol. The van der Waals surface area contributed by atoms with Gasteiger partial charge >= 0.3 is 0 Å². The summed E-state index contributed by atoms with van der Waals surface area (Å²) in [4.78, 5) is 0. The topological polar surface area (TPSA) is 36.9 Å². The van der Waals surface area contributed by atoms with Crippen LogP contribution in [0.3, 0.4) is 0 Å². The first-order valence-electron chi connectivity index (χ1n) is 3.98. The summed E-state index contributed by atoms with van der Waals surface area (Å²) in [7, 11) is 3.24. The number of ether oxygens (including phenoxy) is 4. The predicted molar refractivity (Wildman–Crippen MR) is 45.1 cm³/mol. The van der Waals surface area contributed by atoms with Crippen LogP contribution in [0.2, 0.25) is 0 Å². The van der Waals surface area contributed by atoms with Crippen LogP contribution in [0.25, 0.3) is 0 Å². The van der Waals surface area contributed by atoms with Crippen LogP contribution >= 0.6 is 0 Å². The second-order valence-electron chi connectivity index (χ2n) is 2.45. The minimum Gasteiger partial charge on any atom is -0.382 e. The summed E-state index contributed by atoms with van der Waals surface area (Å²) in [6.07, 6.45) is 0.0711. The van der Waals surface area contributed by atoms with Crippen LogP contribution in [0.5, 0.6) is 0 Å². The van der Waals surface area contributed by atoms with Crippen LogP contribution in [0, 0.1) is 0 Å². The third kappa shape index (κ3) is 7.94. The molecule has 0 rings (SSSR count). The minimum atomic E-state index is 0.0711. The first-order chi connectivity index (χ1) is 5.81. The lowest BCUT2D eigenvalue weighted by atomic mass is 10.4. The van der Waals surface area contributed by atoms with E-state index in [0.717, 1.165) is 0 Å². The highest BCUT2D eigenvalue weighted by atomic mass is 16.7. The van der Waals surface area contributed by atoms with Crippen molar-refractivity contribution >= 4 is 0 Å². The molecule has 0 saturated heterocycles. The third-order valence-electron chi connectivity index (χ3n) is 1.25. The maximum Gasteiger partial charge on any atom is 0.146 e. The maximum absolute atomic E-state index is 5.23. The lowest BCUT2D eigenvalue weighted by Crippen LogP contribution is -2.18. The number of rotatable bonds is 8. The fourth-order valence-corrected chi connectivity index (χ4v) is 0.624. The minimum absolute atomic E-state index is 0.0711. The molecule has 0 heterocycles. The molecule has 0 aliphatic carbocycles. The van der Waals surface area contributed by atoms with Crippen molar-refractivity contribution in [3.63, 3.8) is 0 Å². The standard InChI is InChI=1S/C8H18O4/c1-8(12-7-10-3)6-11-5-4-9-2/h8H,4-7H2,1-3H3. The molecule has 0 fully saturated rings. The summed E-state index contributed by atoms with van der Waals surface area (Å²) >= 11 is 0. The molecule has 0 radical (unpaired) electrons. The highest BCUT2D eigenvalue weighted by Gasteiger charge is 2.00. The van der Waals surface area contributed by atoms with E-state index in [4.69, 9.17) is 18.9 Å². The van der Waals surface area contributed by atoms with Gasteiger partial charge in [-0.2, -0.15) is 0 Å². The zero-order chi connectivity index (χ0) is 9.23. The molecule has 0 aromatic heterocycles. The second-order valence-corrected chi connectivity index (χ2v) is 2.45. The molecule has 0 spiro atoms. The molecule has 4 nitrogen and oxygen atoms in total. The molecule has 0 aromatic carbocycles. The van der Waals surface area contributed by atoms with Gasteiger partial charge in [-0.3, -0.25) is 0 Å². The Morgan fingerprint density at radius 1 is 1.08 bits per heavy atom. The van der Waals surface area contributed by atoms with Crippen molar-refractivity contribution in [1.82, 2.24) is 0 Å².